The minimum Gasteiger partial charge on any atom is -0.395 e. The molecule has 10 nitrogen and oxygen atoms in total. The van der Waals surface area contributed by atoms with Gasteiger partial charge in [-0.1, -0.05) is 35.5 Å². The molecule has 0 spiro atoms. The summed E-state index contributed by atoms with van der Waals surface area (Å²) >= 11 is 0.654. The second kappa shape index (κ2) is 10.9. The monoisotopic (exact) mass is 486 g/mol. The van der Waals surface area contributed by atoms with Crippen molar-refractivity contribution >= 4 is 38.1 Å². The molecule has 0 saturated carbocycles. The predicted molar refractivity (Wildman–Crippen MR) is 115 cm³/mol. The Hall–Kier alpha value is -2.45. The maximum Gasteiger partial charge on any atom is 0.280 e. The third kappa shape index (κ3) is 6.29. The van der Waals surface area contributed by atoms with Crippen molar-refractivity contribution in [1.29, 1.82) is 0 Å². The zero-order valence-corrected chi connectivity index (χ0v) is 18.8. The highest BCUT2D eigenvalue weighted by Gasteiger charge is 2.23. The van der Waals surface area contributed by atoms with E-state index in [-0.39, 0.29) is 34.0 Å². The highest BCUT2D eigenvalue weighted by Crippen LogP contribution is 2.18. The fourth-order valence-corrected chi connectivity index (χ4v) is 4.60. The summed E-state index contributed by atoms with van der Waals surface area (Å²) in [5.74, 6) is -0.696. The van der Waals surface area contributed by atoms with Gasteiger partial charge in [-0.2, -0.15) is 4.39 Å². The molecule has 1 saturated heterocycles. The number of nitrogens with one attached hydrogen (secondary N) is 2. The van der Waals surface area contributed by atoms with Crippen LogP contribution in [-0.4, -0.2) is 62.1 Å². The van der Waals surface area contributed by atoms with Crippen molar-refractivity contribution in [3.05, 3.63) is 41.2 Å². The number of benzene rings is 1. The van der Waals surface area contributed by atoms with Crippen LogP contribution in [0, 0.1) is 5.13 Å². The lowest BCUT2D eigenvalue weighted by molar-refractivity contribution is -0.110. The normalized spacial score (nSPS) is 17.8. The van der Waals surface area contributed by atoms with E-state index in [4.69, 9.17) is 9.57 Å². The van der Waals surface area contributed by atoms with Gasteiger partial charge in [-0.3, -0.25) is 10.1 Å². The first-order chi connectivity index (χ1) is 15.3. The predicted octanol–water partition coefficient (Wildman–Crippen LogP) is 1.48. The molecule has 0 bridgehead atoms. The fraction of sp³-hybridized carbons (Fsp3) is 0.421. The van der Waals surface area contributed by atoms with Gasteiger partial charge in [-0.05, 0) is 18.6 Å². The summed E-state index contributed by atoms with van der Waals surface area (Å²) in [4.78, 5) is 21.9. The van der Waals surface area contributed by atoms with E-state index >= 15 is 0 Å². The van der Waals surface area contributed by atoms with Crippen LogP contribution in [0.5, 0.6) is 0 Å². The smallest absolute Gasteiger partial charge is 0.280 e. The maximum atomic E-state index is 13.2. The van der Waals surface area contributed by atoms with Gasteiger partial charge in [0.05, 0.1) is 30.9 Å². The van der Waals surface area contributed by atoms with Gasteiger partial charge in [-0.25, -0.2) is 18.1 Å². The molecule has 3 rings (SSSR count). The Balaban J connectivity index is 1.83. The quantitative estimate of drug-likeness (QED) is 0.341. The molecule has 1 aromatic carbocycles. The number of amides is 1. The molecule has 1 amide bonds. The van der Waals surface area contributed by atoms with Gasteiger partial charge in [0, 0.05) is 18.0 Å². The maximum absolute atomic E-state index is 13.2. The van der Waals surface area contributed by atoms with E-state index in [0.29, 0.717) is 37.4 Å². The van der Waals surface area contributed by atoms with Crippen molar-refractivity contribution in [1.82, 2.24) is 9.71 Å². The summed E-state index contributed by atoms with van der Waals surface area (Å²) < 4.78 is 45.9. The van der Waals surface area contributed by atoms with Crippen LogP contribution < -0.4 is 10.0 Å². The summed E-state index contributed by atoms with van der Waals surface area (Å²) in [5, 5.41) is 15.1. The Labute approximate surface area is 188 Å². The number of aliphatic hydroxyl groups is 1. The first-order valence-corrected chi connectivity index (χ1v) is 12.1. The summed E-state index contributed by atoms with van der Waals surface area (Å²) in [6.45, 7) is 2.27. The number of hydrogen-bond acceptors (Lipinski definition) is 9. The van der Waals surface area contributed by atoms with Crippen LogP contribution >= 0.6 is 11.3 Å². The Bertz CT molecular complexity index is 1050. The summed E-state index contributed by atoms with van der Waals surface area (Å²) in [5.41, 5.74) is 0.151. The Morgan fingerprint density at radius 1 is 1.44 bits per heavy atom. The van der Waals surface area contributed by atoms with Gasteiger partial charge in [0.2, 0.25) is 10.0 Å². The zero-order valence-electron chi connectivity index (χ0n) is 17.2. The van der Waals surface area contributed by atoms with E-state index in [1.807, 2.05) is 0 Å². The number of carbonyl (C=O) groups excluding carboxylic acids is 1. The van der Waals surface area contributed by atoms with Crippen molar-refractivity contribution in [2.45, 2.75) is 36.8 Å². The molecule has 0 aliphatic carbocycles. The molecule has 0 radical (unpaired) electrons. The van der Waals surface area contributed by atoms with Crippen LogP contribution in [0.3, 0.4) is 0 Å². The molecule has 2 heterocycles. The highest BCUT2D eigenvalue weighted by atomic mass is 32.2. The zero-order chi connectivity index (χ0) is 23.1. The van der Waals surface area contributed by atoms with Gasteiger partial charge < -0.3 is 14.7 Å². The molecule has 1 fully saturated rings. The van der Waals surface area contributed by atoms with Crippen molar-refractivity contribution in [2.75, 3.05) is 25.1 Å². The number of halogens is 1. The van der Waals surface area contributed by atoms with Crippen LogP contribution in [0.15, 0.2) is 40.5 Å². The average molecular weight is 487 g/mol. The number of rotatable bonds is 10. The lowest BCUT2D eigenvalue weighted by atomic mass is 10.1. The number of oxime groups is 1. The number of hydrogen-bond donors (Lipinski definition) is 3. The number of nitrogens with zero attached hydrogens (tertiary/aromatic N) is 2. The number of aliphatic hydroxyl groups excluding tert-OH is 1. The SMILES string of the molecule is CC[C@@H](CO)NS(=O)(=O)c1ccc(/C(=N\O[C@@H]2CCOC2)C(=O)Nc2ncc(F)s2)cc1. The molecular formula is C19H23FN4O6S2. The molecule has 0 unspecified atom stereocenters. The van der Waals surface area contributed by atoms with Gasteiger partial charge in [0.15, 0.2) is 22.1 Å². The standard InChI is InChI=1S/C19H23FN4O6S2/c1-2-13(10-25)24-32(27,28)15-5-3-12(4-6-15)17(23-30-14-7-8-29-11-14)18(26)22-19-21-9-16(20)31-19/h3-6,9,13-14,24-25H,2,7-8,10-11H2,1H3,(H,21,22,26)/b23-17+/t13-,14+/m0/s1. The number of anilines is 1. The summed E-state index contributed by atoms with van der Waals surface area (Å²) in [6.07, 6.45) is 1.70. The van der Waals surface area contributed by atoms with Gasteiger partial charge in [0.1, 0.15) is 0 Å². The minimum absolute atomic E-state index is 0.0417. The molecule has 2 aromatic rings. The molecular weight excluding hydrogens is 463 g/mol. The van der Waals surface area contributed by atoms with E-state index in [1.165, 1.54) is 24.3 Å². The van der Waals surface area contributed by atoms with E-state index in [2.05, 4.69) is 20.2 Å². The molecule has 2 atom stereocenters. The third-order valence-corrected chi connectivity index (χ3v) is 6.80. The second-order valence-corrected chi connectivity index (χ2v) is 9.58. The van der Waals surface area contributed by atoms with Crippen LogP contribution in [0.2, 0.25) is 0 Å². The molecule has 3 N–H and O–H groups in total. The largest absolute Gasteiger partial charge is 0.395 e. The second-order valence-electron chi connectivity index (χ2n) is 6.89. The Kier molecular flexibility index (Phi) is 8.26. The lowest BCUT2D eigenvalue weighted by Crippen LogP contribution is -2.36. The number of sulfonamides is 1. The first-order valence-electron chi connectivity index (χ1n) is 9.80. The Morgan fingerprint density at radius 3 is 2.75 bits per heavy atom. The first kappa shape index (κ1) is 24.2. The molecule has 1 aliphatic rings. The minimum atomic E-state index is -3.87. The summed E-state index contributed by atoms with van der Waals surface area (Å²) in [7, 11) is -3.87. The molecule has 174 valence electrons. The van der Waals surface area contributed by atoms with Crippen LogP contribution in [0.25, 0.3) is 0 Å². The van der Waals surface area contributed by atoms with Crippen molar-refractivity contribution in [3.8, 4) is 0 Å². The van der Waals surface area contributed by atoms with Gasteiger partial charge in [0.25, 0.3) is 5.91 Å². The van der Waals surface area contributed by atoms with Crippen molar-refractivity contribution < 1.29 is 32.3 Å². The van der Waals surface area contributed by atoms with Crippen LogP contribution in [0.4, 0.5) is 9.52 Å². The van der Waals surface area contributed by atoms with E-state index in [9.17, 15) is 22.7 Å². The van der Waals surface area contributed by atoms with E-state index < -0.39 is 27.1 Å². The van der Waals surface area contributed by atoms with Crippen molar-refractivity contribution in [3.63, 3.8) is 0 Å². The molecule has 1 aromatic heterocycles. The number of ether oxygens (including phenoxy) is 1. The van der Waals surface area contributed by atoms with Gasteiger partial charge >= 0.3 is 0 Å². The van der Waals surface area contributed by atoms with Crippen molar-refractivity contribution in [2.24, 2.45) is 5.16 Å². The van der Waals surface area contributed by atoms with Gasteiger partial charge in [-0.15, -0.1) is 0 Å². The van der Waals surface area contributed by atoms with Crippen LogP contribution in [0.1, 0.15) is 25.3 Å². The van der Waals surface area contributed by atoms with E-state index in [1.54, 1.807) is 6.92 Å². The third-order valence-electron chi connectivity index (χ3n) is 4.57. The lowest BCUT2D eigenvalue weighted by Gasteiger charge is -2.15. The Morgan fingerprint density at radius 2 is 2.19 bits per heavy atom. The molecule has 32 heavy (non-hydrogen) atoms. The highest BCUT2D eigenvalue weighted by molar-refractivity contribution is 7.89. The summed E-state index contributed by atoms with van der Waals surface area (Å²) in [6, 6.07) is 4.83. The fourth-order valence-electron chi connectivity index (χ4n) is 2.75. The number of carbonyl (C=O) groups is 1. The number of aromatic nitrogens is 1. The van der Waals surface area contributed by atoms with Crippen LogP contribution in [-0.2, 0) is 24.4 Å². The average Bonchev–Trinajstić information content (AvgIpc) is 3.44. The molecule has 1 aliphatic heterocycles. The van der Waals surface area contributed by atoms with E-state index in [0.717, 1.165) is 6.20 Å². The molecule has 13 heteroatoms. The topological polar surface area (TPSA) is 139 Å². The number of thiazole rings is 1.